The van der Waals surface area contributed by atoms with Gasteiger partial charge in [-0.25, -0.2) is 4.98 Å². The van der Waals surface area contributed by atoms with Crippen LogP contribution in [0.2, 0.25) is 0 Å². The number of hydrogen-bond donors (Lipinski definition) is 2. The molecule has 0 radical (unpaired) electrons. The van der Waals surface area contributed by atoms with E-state index < -0.39 is 0 Å². The minimum Gasteiger partial charge on any atom is -0.340 e. The summed E-state index contributed by atoms with van der Waals surface area (Å²) in [5, 5.41) is 7.78. The molecule has 4 heteroatoms. The number of unbranched alkanes of at least 4 members (excludes halogenated alkanes) is 3. The highest BCUT2D eigenvalue weighted by molar-refractivity contribution is 5.91. The van der Waals surface area contributed by atoms with E-state index >= 15 is 0 Å². The van der Waals surface area contributed by atoms with Gasteiger partial charge in [0.1, 0.15) is 5.82 Å². The maximum absolute atomic E-state index is 4.75. The highest BCUT2D eigenvalue weighted by Gasteiger charge is 2.08. The third kappa shape index (κ3) is 5.15. The topological polar surface area (TPSA) is 49.8 Å². The molecule has 30 heavy (non-hydrogen) atoms. The smallest absolute Gasteiger partial charge is 0.229 e. The Hall–Kier alpha value is -3.40. The molecule has 1 heterocycles. The van der Waals surface area contributed by atoms with Crippen LogP contribution in [0.15, 0.2) is 78.9 Å². The number of hydrogen-bond acceptors (Lipinski definition) is 4. The molecule has 4 aromatic rings. The van der Waals surface area contributed by atoms with Crippen LogP contribution >= 0.6 is 0 Å². The van der Waals surface area contributed by atoms with Crippen molar-refractivity contribution in [3.63, 3.8) is 0 Å². The molecule has 0 saturated heterocycles. The minimum absolute atomic E-state index is 0.586. The van der Waals surface area contributed by atoms with Crippen LogP contribution < -0.4 is 10.6 Å². The molecule has 0 fully saturated rings. The van der Waals surface area contributed by atoms with Crippen LogP contribution in [0.25, 0.3) is 10.9 Å². The van der Waals surface area contributed by atoms with Gasteiger partial charge in [-0.3, -0.25) is 0 Å². The van der Waals surface area contributed by atoms with E-state index in [1.807, 2.05) is 54.6 Å². The van der Waals surface area contributed by atoms with Gasteiger partial charge in [0.05, 0.1) is 5.52 Å². The first-order valence-corrected chi connectivity index (χ1v) is 10.8. The number of para-hydroxylation sites is 2. The first-order chi connectivity index (χ1) is 14.8. The number of benzene rings is 3. The molecule has 0 aliphatic rings. The van der Waals surface area contributed by atoms with Crippen molar-refractivity contribution in [2.45, 2.75) is 39.0 Å². The standard InChI is InChI=1S/C26H28N4/c1-2-3-4-6-11-20-16-18-22(19-17-20)28-26-29-24-15-10-9-14-23(24)25(30-26)27-21-12-7-5-8-13-21/h5,7-10,12-19H,2-4,6,11H2,1H3,(H2,27,28,29,30). The lowest BCUT2D eigenvalue weighted by molar-refractivity contribution is 0.667. The molecular weight excluding hydrogens is 368 g/mol. The van der Waals surface area contributed by atoms with Crippen molar-refractivity contribution in [1.82, 2.24) is 9.97 Å². The van der Waals surface area contributed by atoms with E-state index in [0.29, 0.717) is 5.95 Å². The second kappa shape index (κ2) is 9.88. The van der Waals surface area contributed by atoms with Gasteiger partial charge in [-0.2, -0.15) is 4.98 Å². The number of fused-ring (bicyclic) bond motifs is 1. The molecule has 3 aromatic carbocycles. The van der Waals surface area contributed by atoms with Crippen LogP contribution in [-0.4, -0.2) is 9.97 Å². The van der Waals surface area contributed by atoms with Gasteiger partial charge in [-0.1, -0.05) is 68.7 Å². The van der Waals surface area contributed by atoms with Crippen molar-refractivity contribution in [3.05, 3.63) is 84.4 Å². The van der Waals surface area contributed by atoms with E-state index in [9.17, 15) is 0 Å². The molecule has 0 spiro atoms. The third-order valence-electron chi connectivity index (χ3n) is 5.17. The molecule has 0 aliphatic carbocycles. The zero-order valence-electron chi connectivity index (χ0n) is 17.4. The van der Waals surface area contributed by atoms with Crippen LogP contribution in [0.3, 0.4) is 0 Å². The molecule has 0 saturated carbocycles. The van der Waals surface area contributed by atoms with Gasteiger partial charge in [-0.05, 0) is 54.8 Å². The van der Waals surface area contributed by atoms with Gasteiger partial charge >= 0.3 is 0 Å². The van der Waals surface area contributed by atoms with Crippen LogP contribution in [0.5, 0.6) is 0 Å². The van der Waals surface area contributed by atoms with E-state index in [2.05, 4.69) is 41.8 Å². The molecule has 0 amide bonds. The Labute approximate surface area is 178 Å². The first-order valence-electron chi connectivity index (χ1n) is 10.8. The number of anilines is 4. The summed E-state index contributed by atoms with van der Waals surface area (Å²) in [6.45, 7) is 2.25. The van der Waals surface area contributed by atoms with Gasteiger partial charge < -0.3 is 10.6 Å². The number of rotatable bonds is 9. The summed E-state index contributed by atoms with van der Waals surface area (Å²) in [6, 6.07) is 26.7. The van der Waals surface area contributed by atoms with E-state index in [1.165, 1.54) is 31.2 Å². The second-order valence-electron chi connectivity index (χ2n) is 7.54. The lowest BCUT2D eigenvalue weighted by Crippen LogP contribution is -2.02. The Morgan fingerprint density at radius 1 is 0.667 bits per heavy atom. The Balaban J connectivity index is 1.52. The van der Waals surface area contributed by atoms with Gasteiger partial charge in [0.2, 0.25) is 5.95 Å². The van der Waals surface area contributed by atoms with Crippen molar-refractivity contribution in [2.24, 2.45) is 0 Å². The summed E-state index contributed by atoms with van der Waals surface area (Å²) in [6.07, 6.45) is 6.29. The van der Waals surface area contributed by atoms with E-state index in [1.54, 1.807) is 0 Å². The fourth-order valence-corrected chi connectivity index (χ4v) is 3.53. The van der Waals surface area contributed by atoms with Crippen molar-refractivity contribution in [2.75, 3.05) is 10.6 Å². The van der Waals surface area contributed by atoms with Gasteiger partial charge in [0.15, 0.2) is 0 Å². The average molecular weight is 397 g/mol. The zero-order valence-corrected chi connectivity index (χ0v) is 17.4. The van der Waals surface area contributed by atoms with Gasteiger partial charge in [-0.15, -0.1) is 0 Å². The predicted octanol–water partition coefficient (Wildman–Crippen LogP) is 7.24. The van der Waals surface area contributed by atoms with E-state index in [0.717, 1.165) is 34.5 Å². The van der Waals surface area contributed by atoms with E-state index in [4.69, 9.17) is 9.97 Å². The fraction of sp³-hybridized carbons (Fsp3) is 0.231. The largest absolute Gasteiger partial charge is 0.340 e. The minimum atomic E-state index is 0.586. The Kier molecular flexibility index (Phi) is 6.55. The van der Waals surface area contributed by atoms with Crippen LogP contribution in [0, 0.1) is 0 Å². The maximum atomic E-state index is 4.75. The molecular formula is C26H28N4. The van der Waals surface area contributed by atoms with Crippen LogP contribution in [0.4, 0.5) is 23.1 Å². The molecule has 1 aromatic heterocycles. The van der Waals surface area contributed by atoms with Gasteiger partial charge in [0.25, 0.3) is 0 Å². The van der Waals surface area contributed by atoms with Crippen molar-refractivity contribution in [1.29, 1.82) is 0 Å². The quantitative estimate of drug-likeness (QED) is 0.293. The molecule has 0 bridgehead atoms. The summed E-state index contributed by atoms with van der Waals surface area (Å²) < 4.78 is 0. The summed E-state index contributed by atoms with van der Waals surface area (Å²) >= 11 is 0. The molecule has 2 N–H and O–H groups in total. The summed E-state index contributed by atoms with van der Waals surface area (Å²) in [5.74, 6) is 1.38. The number of aryl methyl sites for hydroxylation is 1. The highest BCUT2D eigenvalue weighted by Crippen LogP contribution is 2.26. The molecule has 4 nitrogen and oxygen atoms in total. The third-order valence-corrected chi connectivity index (χ3v) is 5.17. The average Bonchev–Trinajstić information content (AvgIpc) is 2.79. The van der Waals surface area contributed by atoms with Crippen LogP contribution in [-0.2, 0) is 6.42 Å². The Bertz CT molecular complexity index is 1080. The lowest BCUT2D eigenvalue weighted by atomic mass is 10.1. The van der Waals surface area contributed by atoms with Crippen molar-refractivity contribution >= 4 is 34.0 Å². The first kappa shape index (κ1) is 19.9. The summed E-state index contributed by atoms with van der Waals surface area (Å²) in [7, 11) is 0. The summed E-state index contributed by atoms with van der Waals surface area (Å²) in [4.78, 5) is 9.45. The Morgan fingerprint density at radius 2 is 1.40 bits per heavy atom. The number of aromatic nitrogens is 2. The number of nitrogens with one attached hydrogen (secondary N) is 2. The predicted molar refractivity (Wildman–Crippen MR) is 127 cm³/mol. The molecule has 4 rings (SSSR count). The zero-order chi connectivity index (χ0) is 20.6. The molecule has 0 aliphatic heterocycles. The summed E-state index contributed by atoms with van der Waals surface area (Å²) in [5.41, 5.74) is 4.27. The van der Waals surface area contributed by atoms with Crippen LogP contribution in [0.1, 0.15) is 38.2 Å². The monoisotopic (exact) mass is 396 g/mol. The molecule has 0 atom stereocenters. The lowest BCUT2D eigenvalue weighted by Gasteiger charge is -2.12. The van der Waals surface area contributed by atoms with Gasteiger partial charge in [0, 0.05) is 16.8 Å². The SMILES string of the molecule is CCCCCCc1ccc(Nc2nc(Nc3ccccc3)c3ccccc3n2)cc1. The van der Waals surface area contributed by atoms with E-state index in [-0.39, 0.29) is 0 Å². The molecule has 0 unspecified atom stereocenters. The maximum Gasteiger partial charge on any atom is 0.229 e. The normalized spacial score (nSPS) is 10.8. The Morgan fingerprint density at radius 3 is 2.20 bits per heavy atom. The second-order valence-corrected chi connectivity index (χ2v) is 7.54. The van der Waals surface area contributed by atoms with Crippen molar-refractivity contribution < 1.29 is 0 Å². The van der Waals surface area contributed by atoms with Crippen molar-refractivity contribution in [3.8, 4) is 0 Å². The highest BCUT2D eigenvalue weighted by atomic mass is 15.1. The molecule has 152 valence electrons. The fourth-order valence-electron chi connectivity index (χ4n) is 3.53. The number of nitrogens with zero attached hydrogens (tertiary/aromatic N) is 2.